The molecule has 11 nitrogen and oxygen atoms in total. The number of unbranched alkanes of at least 4 members (excludes halogenated alkanes) is 1. The van der Waals surface area contributed by atoms with Crippen LogP contribution in [0.2, 0.25) is 5.02 Å². The molecular weight excluding hydrogens is 472 g/mol. The Morgan fingerprint density at radius 3 is 2.86 bits per heavy atom. The number of anilines is 2. The molecule has 0 aromatic carbocycles. The number of nitrogens with zero attached hydrogens (tertiary/aromatic N) is 7. The van der Waals surface area contributed by atoms with Crippen LogP contribution in [0, 0.1) is 0 Å². The van der Waals surface area contributed by atoms with Crippen molar-refractivity contribution < 1.29 is 14.1 Å². The van der Waals surface area contributed by atoms with Gasteiger partial charge in [-0.3, -0.25) is 4.90 Å². The normalized spacial score (nSPS) is 14.0. The van der Waals surface area contributed by atoms with E-state index in [1.807, 2.05) is 6.07 Å². The summed E-state index contributed by atoms with van der Waals surface area (Å²) in [6, 6.07) is 2.71. The molecule has 1 aliphatic carbocycles. The average molecular weight is 495 g/mol. The fourth-order valence-electron chi connectivity index (χ4n) is 4.52. The highest BCUT2D eigenvalue weighted by Gasteiger charge is 2.29. The fourth-order valence-corrected chi connectivity index (χ4v) is 4.77. The van der Waals surface area contributed by atoms with Gasteiger partial charge >= 0.3 is 6.03 Å². The van der Waals surface area contributed by atoms with Gasteiger partial charge in [0.1, 0.15) is 12.0 Å². The number of carbonyl (C=O) groups excluding carboxylic acids is 2. The Morgan fingerprint density at radius 2 is 2.11 bits per heavy atom. The van der Waals surface area contributed by atoms with Crippen LogP contribution in [-0.2, 0) is 11.2 Å². The van der Waals surface area contributed by atoms with Gasteiger partial charge in [-0.15, -0.1) is 0 Å². The smallest absolute Gasteiger partial charge is 0.324 e. The Labute approximate surface area is 205 Å². The summed E-state index contributed by atoms with van der Waals surface area (Å²) in [5.74, 6) is 0.832. The van der Waals surface area contributed by atoms with Crippen LogP contribution >= 0.6 is 11.6 Å². The maximum absolute atomic E-state index is 12.7. The summed E-state index contributed by atoms with van der Waals surface area (Å²) in [5, 5.41) is 8.61. The van der Waals surface area contributed by atoms with E-state index in [1.54, 1.807) is 23.0 Å². The summed E-state index contributed by atoms with van der Waals surface area (Å²) >= 11 is 6.54. The van der Waals surface area contributed by atoms with E-state index in [0.29, 0.717) is 47.9 Å². The molecule has 180 valence electrons. The van der Waals surface area contributed by atoms with Crippen LogP contribution in [0.15, 0.2) is 35.2 Å². The number of halogens is 1. The number of carbonyl (C=O) groups is 2. The van der Waals surface area contributed by atoms with Crippen molar-refractivity contribution in [3.05, 3.63) is 47.3 Å². The predicted octanol–water partition coefficient (Wildman–Crippen LogP) is 4.22. The molecule has 35 heavy (non-hydrogen) atoms. The monoisotopic (exact) mass is 494 g/mol. The Balaban J connectivity index is 1.52. The van der Waals surface area contributed by atoms with Gasteiger partial charge in [0, 0.05) is 24.8 Å². The molecule has 2 N–H and O–H groups in total. The van der Waals surface area contributed by atoms with Crippen molar-refractivity contribution in [2.45, 2.75) is 50.9 Å². The number of urea groups is 1. The quantitative estimate of drug-likeness (QED) is 0.283. The molecule has 2 amide bonds. The van der Waals surface area contributed by atoms with Gasteiger partial charge in [0.25, 0.3) is 0 Å². The van der Waals surface area contributed by atoms with Gasteiger partial charge < -0.3 is 15.1 Å². The third-order valence-electron chi connectivity index (χ3n) is 6.11. The largest absolute Gasteiger partial charge is 0.351 e. The molecule has 0 unspecified atom stereocenters. The number of aldehydes is 1. The summed E-state index contributed by atoms with van der Waals surface area (Å²) in [7, 11) is 0. The van der Waals surface area contributed by atoms with Crippen LogP contribution in [0.5, 0.6) is 0 Å². The zero-order valence-corrected chi connectivity index (χ0v) is 19.6. The molecule has 0 saturated heterocycles. The lowest BCUT2D eigenvalue weighted by Gasteiger charge is -2.25. The van der Waals surface area contributed by atoms with Gasteiger partial charge in [0.05, 0.1) is 40.7 Å². The van der Waals surface area contributed by atoms with Gasteiger partial charge in [-0.05, 0) is 25.3 Å². The number of fused-ring (bicyclic) bond motifs is 1. The molecule has 4 heterocycles. The van der Waals surface area contributed by atoms with Gasteiger partial charge in [-0.25, -0.2) is 19.3 Å². The van der Waals surface area contributed by atoms with Crippen LogP contribution in [0.1, 0.15) is 56.0 Å². The predicted molar refractivity (Wildman–Crippen MR) is 127 cm³/mol. The first-order chi connectivity index (χ1) is 17.1. The van der Waals surface area contributed by atoms with E-state index in [9.17, 15) is 9.59 Å². The molecule has 0 bridgehead atoms. The van der Waals surface area contributed by atoms with Gasteiger partial charge in [-0.1, -0.05) is 29.6 Å². The minimum Gasteiger partial charge on any atom is -0.351 e. The molecule has 0 atom stereocenters. The zero-order valence-electron chi connectivity index (χ0n) is 18.8. The zero-order chi connectivity index (χ0) is 24.4. The van der Waals surface area contributed by atoms with E-state index in [4.69, 9.17) is 21.9 Å². The molecular formula is C23H23ClN8O3. The lowest BCUT2D eigenvalue weighted by molar-refractivity contribution is -0.107. The lowest BCUT2D eigenvalue weighted by Crippen LogP contribution is -2.33. The second-order valence-electron chi connectivity index (χ2n) is 8.38. The topological polar surface area (TPSA) is 145 Å². The molecule has 12 heteroatoms. The highest BCUT2D eigenvalue weighted by atomic mass is 35.5. The highest BCUT2D eigenvalue weighted by molar-refractivity contribution is 6.33. The summed E-state index contributed by atoms with van der Waals surface area (Å²) in [5.41, 5.74) is 8.66. The minimum atomic E-state index is -0.694. The van der Waals surface area contributed by atoms with Crippen LogP contribution in [0.3, 0.4) is 0 Å². The van der Waals surface area contributed by atoms with Gasteiger partial charge in [-0.2, -0.15) is 10.1 Å². The van der Waals surface area contributed by atoms with Crippen molar-refractivity contribution in [2.24, 2.45) is 5.73 Å². The molecule has 5 rings (SSSR count). The van der Waals surface area contributed by atoms with E-state index >= 15 is 0 Å². The summed E-state index contributed by atoms with van der Waals surface area (Å²) in [4.78, 5) is 37.7. The maximum atomic E-state index is 12.7. The number of hydrogen-bond donors (Lipinski definition) is 1. The van der Waals surface area contributed by atoms with Crippen LogP contribution in [-0.4, -0.2) is 42.0 Å². The first-order valence-electron chi connectivity index (χ1n) is 11.4. The first-order valence-corrected chi connectivity index (χ1v) is 11.8. The Kier molecular flexibility index (Phi) is 6.41. The molecule has 0 aliphatic heterocycles. The van der Waals surface area contributed by atoms with E-state index in [-0.39, 0.29) is 16.8 Å². The molecule has 4 aromatic rings. The van der Waals surface area contributed by atoms with Crippen molar-refractivity contribution in [2.75, 3.05) is 4.90 Å². The molecule has 0 spiro atoms. The van der Waals surface area contributed by atoms with Crippen molar-refractivity contribution in [1.82, 2.24) is 29.7 Å². The number of primary amides is 1. The van der Waals surface area contributed by atoms with Crippen molar-refractivity contribution in [1.29, 1.82) is 0 Å². The molecule has 1 fully saturated rings. The first kappa shape index (κ1) is 22.9. The third-order valence-corrected chi connectivity index (χ3v) is 6.40. The standard InChI is InChI=1S/C23H23ClN8O3/c24-16-11-15(12-27-20(16)22-29-19(35-30-22)7-3-4-10-33)31(23(25)34)17-13-26-18-8-9-28-32(18)21(17)14-5-1-2-6-14/h8-14H,1-7H2,(H2,25,34). The van der Waals surface area contributed by atoms with Gasteiger partial charge in [0.2, 0.25) is 11.7 Å². The lowest BCUT2D eigenvalue weighted by atomic mass is 10.0. The number of aromatic nitrogens is 6. The van der Waals surface area contributed by atoms with E-state index in [0.717, 1.165) is 37.7 Å². The minimum absolute atomic E-state index is 0.219. The fraction of sp³-hybridized carbons (Fsp3) is 0.348. The van der Waals surface area contributed by atoms with Crippen molar-refractivity contribution in [3.8, 4) is 11.5 Å². The number of aryl methyl sites for hydroxylation is 1. The molecule has 1 saturated carbocycles. The van der Waals surface area contributed by atoms with Crippen LogP contribution < -0.4 is 10.6 Å². The Bertz CT molecular complexity index is 1380. The van der Waals surface area contributed by atoms with E-state index < -0.39 is 6.03 Å². The Morgan fingerprint density at radius 1 is 1.29 bits per heavy atom. The third kappa shape index (κ3) is 4.46. The molecule has 4 aromatic heterocycles. The second kappa shape index (κ2) is 9.79. The van der Waals surface area contributed by atoms with E-state index in [1.165, 1.54) is 11.1 Å². The summed E-state index contributed by atoms with van der Waals surface area (Å²) in [6.07, 6.45) is 11.3. The molecule has 0 radical (unpaired) electrons. The number of amides is 2. The van der Waals surface area contributed by atoms with Crippen molar-refractivity contribution in [3.63, 3.8) is 0 Å². The summed E-state index contributed by atoms with van der Waals surface area (Å²) < 4.78 is 7.01. The molecule has 1 aliphatic rings. The number of rotatable bonds is 8. The van der Waals surface area contributed by atoms with E-state index in [2.05, 4.69) is 25.2 Å². The second-order valence-corrected chi connectivity index (χ2v) is 8.79. The van der Waals surface area contributed by atoms with Gasteiger partial charge in [0.15, 0.2) is 5.65 Å². The highest BCUT2D eigenvalue weighted by Crippen LogP contribution is 2.41. The van der Waals surface area contributed by atoms with Crippen LogP contribution in [0.25, 0.3) is 17.2 Å². The summed E-state index contributed by atoms with van der Waals surface area (Å²) in [6.45, 7) is 0. The number of pyridine rings is 1. The van der Waals surface area contributed by atoms with Crippen LogP contribution in [0.4, 0.5) is 16.2 Å². The SMILES string of the molecule is NC(=O)N(c1cnc(-c2noc(CCCC=O)n2)c(Cl)c1)c1cnc2ccnn2c1C1CCCC1. The van der Waals surface area contributed by atoms with Crippen molar-refractivity contribution >= 4 is 40.9 Å². The maximum Gasteiger partial charge on any atom is 0.324 e. The average Bonchev–Trinajstić information content (AvgIpc) is 3.61. The Hall–Kier alpha value is -3.86. The number of hydrogen-bond acceptors (Lipinski definition) is 8. The number of nitrogens with two attached hydrogens (primary N) is 1.